The van der Waals surface area contributed by atoms with Gasteiger partial charge in [0.2, 0.25) is 5.78 Å². The molecule has 2 heterocycles. The average Bonchev–Trinajstić information content (AvgIpc) is 3.02. The molecule has 0 saturated heterocycles. The smallest absolute Gasteiger partial charge is 0.239 e. The van der Waals surface area contributed by atoms with Gasteiger partial charge >= 0.3 is 0 Å². The lowest BCUT2D eigenvalue weighted by Gasteiger charge is -1.96. The summed E-state index contributed by atoms with van der Waals surface area (Å²) in [6.07, 6.45) is 1.58. The third-order valence-corrected chi connectivity index (χ3v) is 3.70. The van der Waals surface area contributed by atoms with Gasteiger partial charge in [-0.3, -0.25) is 4.79 Å². The first-order chi connectivity index (χ1) is 9.17. The summed E-state index contributed by atoms with van der Waals surface area (Å²) in [6.45, 7) is 1.87. The molecule has 0 radical (unpaired) electrons. The maximum absolute atomic E-state index is 12.2. The van der Waals surface area contributed by atoms with Crippen molar-refractivity contribution < 1.29 is 13.9 Å². The molecule has 0 aliphatic carbocycles. The Balaban J connectivity index is 2.03. The average molecular weight is 273 g/mol. The molecule has 1 aromatic carbocycles. The Morgan fingerprint density at radius 3 is 2.89 bits per heavy atom. The van der Waals surface area contributed by atoms with Gasteiger partial charge in [-0.1, -0.05) is 0 Å². The zero-order valence-electron chi connectivity index (χ0n) is 10.5. The second kappa shape index (κ2) is 4.51. The lowest BCUT2D eigenvalue weighted by molar-refractivity contribution is 0.101. The molecule has 96 valence electrons. The topological polar surface area (TPSA) is 52.3 Å². The number of fused-ring (bicyclic) bond motifs is 1. The normalized spacial score (nSPS) is 10.8. The van der Waals surface area contributed by atoms with Crippen LogP contribution in [0.4, 0.5) is 0 Å². The lowest BCUT2D eigenvalue weighted by atomic mass is 10.2. The number of nitrogens with zero attached hydrogens (tertiary/aromatic N) is 1. The molecule has 19 heavy (non-hydrogen) atoms. The van der Waals surface area contributed by atoms with Gasteiger partial charge in [0.1, 0.15) is 11.3 Å². The molecular weight excluding hydrogens is 262 g/mol. The van der Waals surface area contributed by atoms with Crippen LogP contribution in [0.3, 0.4) is 0 Å². The minimum absolute atomic E-state index is 0.138. The SMILES string of the molecule is COc1ccc2oc(C(=O)c3cnc(C)s3)cc2c1. The number of rotatable bonds is 3. The highest BCUT2D eigenvalue weighted by atomic mass is 32.1. The van der Waals surface area contributed by atoms with Crippen LogP contribution in [-0.2, 0) is 0 Å². The predicted molar refractivity (Wildman–Crippen MR) is 73.0 cm³/mol. The van der Waals surface area contributed by atoms with Crippen LogP contribution in [-0.4, -0.2) is 17.9 Å². The molecule has 0 unspecified atom stereocenters. The number of carbonyl (C=O) groups excluding carboxylic acids is 1. The van der Waals surface area contributed by atoms with Crippen molar-refractivity contribution in [3.63, 3.8) is 0 Å². The fourth-order valence-electron chi connectivity index (χ4n) is 1.85. The number of ketones is 1. The molecule has 3 rings (SSSR count). The quantitative estimate of drug-likeness (QED) is 0.686. The summed E-state index contributed by atoms with van der Waals surface area (Å²) in [4.78, 5) is 16.9. The Bertz CT molecular complexity index is 757. The highest BCUT2D eigenvalue weighted by Crippen LogP contribution is 2.26. The number of methoxy groups -OCH3 is 1. The molecule has 0 atom stereocenters. The molecule has 4 nitrogen and oxygen atoms in total. The van der Waals surface area contributed by atoms with E-state index in [2.05, 4.69) is 4.98 Å². The number of aryl methyl sites for hydroxylation is 1. The van der Waals surface area contributed by atoms with Crippen LogP contribution in [0.2, 0.25) is 0 Å². The van der Waals surface area contributed by atoms with E-state index in [1.807, 2.05) is 13.0 Å². The molecule has 0 aliphatic heterocycles. The molecule has 0 bridgehead atoms. The molecule has 0 aliphatic rings. The van der Waals surface area contributed by atoms with Crippen molar-refractivity contribution in [2.24, 2.45) is 0 Å². The molecule has 0 amide bonds. The van der Waals surface area contributed by atoms with Crippen molar-refractivity contribution in [2.45, 2.75) is 6.92 Å². The fraction of sp³-hybridized carbons (Fsp3) is 0.143. The number of hydrogen-bond donors (Lipinski definition) is 0. The van der Waals surface area contributed by atoms with E-state index in [4.69, 9.17) is 9.15 Å². The monoisotopic (exact) mass is 273 g/mol. The minimum Gasteiger partial charge on any atom is -0.497 e. The van der Waals surface area contributed by atoms with Crippen LogP contribution in [0.5, 0.6) is 5.75 Å². The van der Waals surface area contributed by atoms with Crippen LogP contribution in [0.1, 0.15) is 20.4 Å². The second-order valence-electron chi connectivity index (χ2n) is 4.09. The number of carbonyl (C=O) groups is 1. The zero-order valence-corrected chi connectivity index (χ0v) is 11.3. The third-order valence-electron chi connectivity index (χ3n) is 2.79. The van der Waals surface area contributed by atoms with Crippen LogP contribution < -0.4 is 4.74 Å². The summed E-state index contributed by atoms with van der Waals surface area (Å²) in [6, 6.07) is 7.17. The molecule has 3 aromatic rings. The van der Waals surface area contributed by atoms with Gasteiger partial charge in [-0.05, 0) is 31.2 Å². The summed E-state index contributed by atoms with van der Waals surface area (Å²) in [5.41, 5.74) is 0.672. The van der Waals surface area contributed by atoms with Crippen LogP contribution in [0.15, 0.2) is 34.9 Å². The van der Waals surface area contributed by atoms with Crippen molar-refractivity contribution in [3.8, 4) is 5.75 Å². The van der Waals surface area contributed by atoms with Crippen molar-refractivity contribution in [2.75, 3.05) is 7.11 Å². The maximum Gasteiger partial charge on any atom is 0.239 e. The summed E-state index contributed by atoms with van der Waals surface area (Å²) in [5, 5.41) is 1.71. The summed E-state index contributed by atoms with van der Waals surface area (Å²) in [5.74, 6) is 0.925. The Morgan fingerprint density at radius 1 is 1.37 bits per heavy atom. The van der Waals surface area contributed by atoms with Gasteiger partial charge in [-0.15, -0.1) is 11.3 Å². The first-order valence-electron chi connectivity index (χ1n) is 5.72. The fourth-order valence-corrected chi connectivity index (χ4v) is 2.57. The first kappa shape index (κ1) is 11.9. The van der Waals surface area contributed by atoms with Crippen molar-refractivity contribution in [1.82, 2.24) is 4.98 Å². The van der Waals surface area contributed by atoms with E-state index < -0.39 is 0 Å². The van der Waals surface area contributed by atoms with Crippen molar-refractivity contribution in [1.29, 1.82) is 0 Å². The van der Waals surface area contributed by atoms with Gasteiger partial charge in [0.05, 0.1) is 17.0 Å². The van der Waals surface area contributed by atoms with Gasteiger partial charge in [-0.25, -0.2) is 4.98 Å². The Hall–Kier alpha value is -2.14. The van der Waals surface area contributed by atoms with Crippen LogP contribution >= 0.6 is 11.3 Å². The molecule has 2 aromatic heterocycles. The molecule has 0 N–H and O–H groups in total. The Kier molecular flexibility index (Phi) is 2.83. The van der Waals surface area contributed by atoms with Gasteiger partial charge in [0.15, 0.2) is 5.76 Å². The van der Waals surface area contributed by atoms with E-state index in [0.29, 0.717) is 16.2 Å². The van der Waals surface area contributed by atoms with Crippen molar-refractivity contribution in [3.05, 3.63) is 46.1 Å². The van der Waals surface area contributed by atoms with E-state index in [9.17, 15) is 4.79 Å². The predicted octanol–water partition coefficient (Wildman–Crippen LogP) is 3.44. The minimum atomic E-state index is -0.138. The molecule has 0 spiro atoms. The van der Waals surface area contributed by atoms with Gasteiger partial charge in [-0.2, -0.15) is 0 Å². The van der Waals surface area contributed by atoms with Gasteiger partial charge in [0, 0.05) is 11.6 Å². The van der Waals surface area contributed by atoms with E-state index in [0.717, 1.165) is 16.1 Å². The Morgan fingerprint density at radius 2 is 2.21 bits per heavy atom. The number of benzene rings is 1. The molecule has 5 heteroatoms. The summed E-state index contributed by atoms with van der Waals surface area (Å²) >= 11 is 1.36. The van der Waals surface area contributed by atoms with Crippen LogP contribution in [0.25, 0.3) is 11.0 Å². The highest BCUT2D eigenvalue weighted by molar-refractivity contribution is 7.13. The highest BCUT2D eigenvalue weighted by Gasteiger charge is 2.17. The largest absolute Gasteiger partial charge is 0.497 e. The molecule has 0 saturated carbocycles. The zero-order chi connectivity index (χ0) is 13.4. The van der Waals surface area contributed by atoms with Crippen molar-refractivity contribution >= 4 is 28.1 Å². The summed E-state index contributed by atoms with van der Waals surface area (Å²) < 4.78 is 10.7. The van der Waals surface area contributed by atoms with E-state index in [1.54, 1.807) is 31.5 Å². The standard InChI is InChI=1S/C14H11NO3S/c1-8-15-7-13(19-8)14(16)12-6-9-5-10(17-2)3-4-11(9)18-12/h3-7H,1-2H3. The lowest BCUT2D eigenvalue weighted by Crippen LogP contribution is -1.95. The summed E-state index contributed by atoms with van der Waals surface area (Å²) in [7, 11) is 1.60. The third kappa shape index (κ3) is 2.13. The number of hydrogen-bond acceptors (Lipinski definition) is 5. The van der Waals surface area contributed by atoms with E-state index in [-0.39, 0.29) is 5.78 Å². The van der Waals surface area contributed by atoms with Crippen LogP contribution in [0, 0.1) is 6.92 Å². The van der Waals surface area contributed by atoms with E-state index in [1.165, 1.54) is 11.3 Å². The molecule has 0 fully saturated rings. The van der Waals surface area contributed by atoms with Gasteiger partial charge in [0.25, 0.3) is 0 Å². The number of ether oxygens (including phenoxy) is 1. The number of aromatic nitrogens is 1. The first-order valence-corrected chi connectivity index (χ1v) is 6.54. The second-order valence-corrected chi connectivity index (χ2v) is 5.32. The van der Waals surface area contributed by atoms with E-state index >= 15 is 0 Å². The number of thiazole rings is 1. The maximum atomic E-state index is 12.2. The number of furan rings is 1. The van der Waals surface area contributed by atoms with Gasteiger partial charge < -0.3 is 9.15 Å². The molecular formula is C14H11NO3S. The Labute approximate surface area is 113 Å².